The third-order valence-electron chi connectivity index (χ3n) is 12.8. The summed E-state index contributed by atoms with van der Waals surface area (Å²) in [6.45, 7) is 9.46. The number of benzene rings is 8. The number of rotatable bonds is 5. The Morgan fingerprint density at radius 2 is 0.947 bits per heavy atom. The number of fused-ring (bicyclic) bond motifs is 9. The monoisotopic (exact) mass is 734 g/mol. The zero-order valence-corrected chi connectivity index (χ0v) is 32.2. The standard InChI is InChI=1S/C54H42N2.CH4/c1-53(2)46-22-10-6-20-44(46)52-47(53)23-14-26-51(52)55(39-31-32-41-40-17-5-9-21-45(40)54(3,4)48(41)34-39)37-29-27-35(28-30-37)36-15-13-16-38(33-36)56-49-24-11-7-18-42(49)43-19-8-12-25-50(43)56;/h5-34H,1-4H3;1H4. The minimum atomic E-state index is -0.105. The van der Waals surface area contributed by atoms with Crippen LogP contribution in [0.15, 0.2) is 182 Å². The highest BCUT2D eigenvalue weighted by atomic mass is 15.1. The number of aromatic nitrogens is 1. The Balaban J connectivity index is 0.00000396. The molecule has 0 saturated carbocycles. The Morgan fingerprint density at radius 3 is 1.67 bits per heavy atom. The van der Waals surface area contributed by atoms with Crippen molar-refractivity contribution in [3.8, 4) is 39.1 Å². The summed E-state index contributed by atoms with van der Waals surface area (Å²) in [5.74, 6) is 0. The third kappa shape index (κ3) is 5.03. The van der Waals surface area contributed by atoms with Gasteiger partial charge in [0.1, 0.15) is 0 Å². The Hall–Kier alpha value is -6.64. The summed E-state index contributed by atoms with van der Waals surface area (Å²) < 4.78 is 2.40. The smallest absolute Gasteiger partial charge is 0.0543 e. The van der Waals surface area contributed by atoms with Gasteiger partial charge in [-0.2, -0.15) is 0 Å². The third-order valence-corrected chi connectivity index (χ3v) is 12.8. The van der Waals surface area contributed by atoms with Gasteiger partial charge >= 0.3 is 0 Å². The number of nitrogens with zero attached hydrogens (tertiary/aromatic N) is 2. The lowest BCUT2D eigenvalue weighted by Gasteiger charge is -2.30. The first-order chi connectivity index (χ1) is 27.3. The molecule has 0 saturated heterocycles. The van der Waals surface area contributed by atoms with Gasteiger partial charge < -0.3 is 9.47 Å². The fourth-order valence-corrected chi connectivity index (χ4v) is 10.0. The first kappa shape index (κ1) is 34.8. The number of para-hydroxylation sites is 2. The molecule has 0 radical (unpaired) electrons. The molecule has 0 bridgehead atoms. The lowest BCUT2D eigenvalue weighted by Crippen LogP contribution is -2.17. The first-order valence-corrected chi connectivity index (χ1v) is 19.8. The molecule has 0 aliphatic heterocycles. The zero-order chi connectivity index (χ0) is 37.8. The van der Waals surface area contributed by atoms with E-state index >= 15 is 0 Å². The molecule has 276 valence electrons. The van der Waals surface area contributed by atoms with Gasteiger partial charge in [0.2, 0.25) is 0 Å². The molecule has 0 fully saturated rings. The minimum absolute atomic E-state index is 0. The summed E-state index contributed by atoms with van der Waals surface area (Å²) in [6, 6.07) is 67.5. The van der Waals surface area contributed by atoms with Crippen molar-refractivity contribution in [2.45, 2.75) is 46.0 Å². The molecule has 2 aliphatic rings. The molecular weight excluding hydrogens is 689 g/mol. The highest BCUT2D eigenvalue weighted by Gasteiger charge is 2.39. The molecule has 1 aromatic heterocycles. The highest BCUT2D eigenvalue weighted by molar-refractivity contribution is 6.09. The van der Waals surface area contributed by atoms with Gasteiger partial charge in [0.15, 0.2) is 0 Å². The van der Waals surface area contributed by atoms with Crippen molar-refractivity contribution in [3.63, 3.8) is 0 Å². The average Bonchev–Trinajstić information content (AvgIpc) is 3.79. The number of hydrogen-bond donors (Lipinski definition) is 0. The van der Waals surface area contributed by atoms with Gasteiger partial charge in [0.25, 0.3) is 0 Å². The largest absolute Gasteiger partial charge is 0.310 e. The second kappa shape index (κ2) is 12.7. The molecule has 0 amide bonds. The van der Waals surface area contributed by atoms with Crippen LogP contribution in [-0.2, 0) is 10.8 Å². The summed E-state index contributed by atoms with van der Waals surface area (Å²) in [5, 5.41) is 2.55. The molecule has 0 atom stereocenters. The molecule has 11 rings (SSSR count). The van der Waals surface area contributed by atoms with Gasteiger partial charge in [-0.1, -0.05) is 163 Å². The van der Waals surface area contributed by atoms with E-state index < -0.39 is 0 Å². The molecule has 0 N–H and O–H groups in total. The van der Waals surface area contributed by atoms with E-state index in [1.165, 1.54) is 88.8 Å². The predicted molar refractivity (Wildman–Crippen MR) is 243 cm³/mol. The van der Waals surface area contributed by atoms with E-state index in [1.807, 2.05) is 0 Å². The van der Waals surface area contributed by atoms with Crippen LogP contribution in [0.2, 0.25) is 0 Å². The second-order valence-corrected chi connectivity index (χ2v) is 16.6. The van der Waals surface area contributed by atoms with Gasteiger partial charge in [0.05, 0.1) is 16.7 Å². The van der Waals surface area contributed by atoms with E-state index in [0.29, 0.717) is 0 Å². The fourth-order valence-electron chi connectivity index (χ4n) is 10.0. The van der Waals surface area contributed by atoms with E-state index in [9.17, 15) is 0 Å². The molecule has 9 aromatic rings. The van der Waals surface area contributed by atoms with Crippen molar-refractivity contribution < 1.29 is 0 Å². The Bertz CT molecular complexity index is 2980. The van der Waals surface area contributed by atoms with Crippen LogP contribution in [-0.4, -0.2) is 4.57 Å². The van der Waals surface area contributed by atoms with Crippen LogP contribution >= 0.6 is 0 Å². The van der Waals surface area contributed by atoms with Gasteiger partial charge in [-0.05, 0) is 105 Å². The molecule has 0 spiro atoms. The van der Waals surface area contributed by atoms with Crippen LogP contribution < -0.4 is 4.90 Å². The SMILES string of the molecule is C.CC1(C)c2ccccc2-c2ccc(N(c3ccc(-c4cccc(-n5c6ccccc6c6ccccc65)c4)cc3)c3cccc4c3-c3ccccc3C4(C)C)cc21. The number of hydrogen-bond acceptors (Lipinski definition) is 1. The van der Waals surface area contributed by atoms with Gasteiger partial charge in [0, 0.05) is 44.2 Å². The van der Waals surface area contributed by atoms with Crippen LogP contribution in [0.4, 0.5) is 17.1 Å². The van der Waals surface area contributed by atoms with Gasteiger partial charge in [-0.15, -0.1) is 0 Å². The van der Waals surface area contributed by atoms with Crippen LogP contribution in [0.1, 0.15) is 57.4 Å². The van der Waals surface area contributed by atoms with E-state index in [1.54, 1.807) is 0 Å². The van der Waals surface area contributed by atoms with E-state index in [4.69, 9.17) is 0 Å². The topological polar surface area (TPSA) is 8.17 Å². The molecule has 8 aromatic carbocycles. The molecule has 2 nitrogen and oxygen atoms in total. The van der Waals surface area contributed by atoms with E-state index in [2.05, 4.69) is 219 Å². The van der Waals surface area contributed by atoms with Crippen LogP contribution in [0.25, 0.3) is 60.9 Å². The lowest BCUT2D eigenvalue weighted by atomic mass is 9.82. The minimum Gasteiger partial charge on any atom is -0.310 e. The van der Waals surface area contributed by atoms with Crippen molar-refractivity contribution in [1.29, 1.82) is 0 Å². The predicted octanol–water partition coefficient (Wildman–Crippen LogP) is 15.2. The van der Waals surface area contributed by atoms with Gasteiger partial charge in [-0.25, -0.2) is 0 Å². The summed E-state index contributed by atoms with van der Waals surface area (Å²) >= 11 is 0. The van der Waals surface area contributed by atoms with Crippen LogP contribution in [0.5, 0.6) is 0 Å². The van der Waals surface area contributed by atoms with Gasteiger partial charge in [-0.3, -0.25) is 0 Å². The van der Waals surface area contributed by atoms with Crippen molar-refractivity contribution in [2.75, 3.05) is 4.90 Å². The maximum atomic E-state index is 2.49. The summed E-state index contributed by atoms with van der Waals surface area (Å²) in [6.07, 6.45) is 0. The Kier molecular flexibility index (Phi) is 7.76. The van der Waals surface area contributed by atoms with Crippen LogP contribution in [0, 0.1) is 0 Å². The zero-order valence-electron chi connectivity index (χ0n) is 32.2. The van der Waals surface area contributed by atoms with Crippen molar-refractivity contribution in [3.05, 3.63) is 204 Å². The van der Waals surface area contributed by atoms with Crippen molar-refractivity contribution >= 4 is 38.9 Å². The van der Waals surface area contributed by atoms with E-state index in [-0.39, 0.29) is 18.3 Å². The first-order valence-electron chi connectivity index (χ1n) is 19.8. The molecule has 0 unspecified atom stereocenters. The summed E-state index contributed by atoms with van der Waals surface area (Å²) in [4.78, 5) is 2.49. The lowest BCUT2D eigenvalue weighted by molar-refractivity contribution is 0.660. The highest BCUT2D eigenvalue weighted by Crippen LogP contribution is 2.55. The average molecular weight is 735 g/mol. The molecule has 2 aliphatic carbocycles. The summed E-state index contributed by atoms with van der Waals surface area (Å²) in [5.41, 5.74) is 20.1. The quantitative estimate of drug-likeness (QED) is 0.171. The van der Waals surface area contributed by atoms with Crippen molar-refractivity contribution in [1.82, 2.24) is 4.57 Å². The molecular formula is C55H46N2. The van der Waals surface area contributed by atoms with Crippen molar-refractivity contribution in [2.24, 2.45) is 0 Å². The maximum Gasteiger partial charge on any atom is 0.0543 e. The van der Waals surface area contributed by atoms with E-state index in [0.717, 1.165) is 11.4 Å². The molecule has 57 heavy (non-hydrogen) atoms. The summed E-state index contributed by atoms with van der Waals surface area (Å²) in [7, 11) is 0. The Morgan fingerprint density at radius 1 is 0.404 bits per heavy atom. The van der Waals surface area contributed by atoms with Crippen LogP contribution in [0.3, 0.4) is 0 Å². The number of anilines is 3. The molecule has 2 heteroatoms. The fraction of sp³-hybridized carbons (Fsp3) is 0.127. The molecule has 1 heterocycles. The Labute approximate surface area is 336 Å². The normalized spacial score (nSPS) is 14.1. The maximum absolute atomic E-state index is 2.49. The second-order valence-electron chi connectivity index (χ2n) is 16.6.